The van der Waals surface area contributed by atoms with E-state index in [0.29, 0.717) is 5.92 Å². The maximum absolute atomic E-state index is 2.40. The topological polar surface area (TPSA) is 3.24 Å². The zero-order valence-corrected chi connectivity index (χ0v) is 10.2. The second kappa shape index (κ2) is 9.91. The Kier molecular flexibility index (Phi) is 11.7. The van der Waals surface area contributed by atoms with Gasteiger partial charge in [0.15, 0.2) is 0 Å². The number of hydrogen-bond acceptors (Lipinski definition) is 1. The Morgan fingerprint density at radius 1 is 1.08 bits per heavy atom. The molecule has 80 valence electrons. The van der Waals surface area contributed by atoms with Crippen LogP contribution in [-0.4, -0.2) is 18.0 Å². The first-order valence-corrected chi connectivity index (χ1v) is 5.13. The van der Waals surface area contributed by atoms with Gasteiger partial charge < -0.3 is 4.90 Å². The summed E-state index contributed by atoms with van der Waals surface area (Å²) < 4.78 is 0. The molecule has 0 radical (unpaired) electrons. The van der Waals surface area contributed by atoms with Gasteiger partial charge in [0, 0.05) is 13.1 Å². The zero-order chi connectivity index (χ0) is 9.40. The molecular formula is C11H24ClN. The molecule has 0 unspecified atom stereocenters. The maximum Gasteiger partial charge on any atom is 0.0169 e. The van der Waals surface area contributed by atoms with Gasteiger partial charge >= 0.3 is 0 Å². The van der Waals surface area contributed by atoms with Gasteiger partial charge in [-0.15, -0.1) is 12.4 Å². The Bertz CT molecular complexity index is 115. The van der Waals surface area contributed by atoms with Gasteiger partial charge in [-0.3, -0.25) is 0 Å². The average molecular weight is 206 g/mol. The van der Waals surface area contributed by atoms with Crippen LogP contribution in [-0.2, 0) is 0 Å². The molecule has 0 N–H and O–H groups in total. The molecule has 0 aromatic rings. The van der Waals surface area contributed by atoms with Gasteiger partial charge in [-0.1, -0.05) is 33.8 Å². The van der Waals surface area contributed by atoms with Crippen LogP contribution in [0, 0.1) is 5.92 Å². The third-order valence-corrected chi connectivity index (χ3v) is 1.70. The summed E-state index contributed by atoms with van der Waals surface area (Å²) in [5.74, 6) is 0.668. The number of halogens is 1. The van der Waals surface area contributed by atoms with Crippen LogP contribution < -0.4 is 0 Å². The summed E-state index contributed by atoms with van der Waals surface area (Å²) >= 11 is 0. The van der Waals surface area contributed by atoms with E-state index < -0.39 is 0 Å². The van der Waals surface area contributed by atoms with Gasteiger partial charge in [0.05, 0.1) is 0 Å². The molecule has 0 atom stereocenters. The first kappa shape index (κ1) is 15.3. The van der Waals surface area contributed by atoms with Gasteiger partial charge in [0.1, 0.15) is 0 Å². The van der Waals surface area contributed by atoms with Crippen LogP contribution in [0.4, 0.5) is 0 Å². The van der Waals surface area contributed by atoms with Crippen molar-refractivity contribution in [2.24, 2.45) is 5.92 Å². The molecule has 0 spiro atoms. The van der Waals surface area contributed by atoms with E-state index in [-0.39, 0.29) is 12.4 Å². The van der Waals surface area contributed by atoms with E-state index in [0.717, 1.165) is 0 Å². The molecule has 0 aliphatic carbocycles. The molecule has 0 aromatic carbocycles. The lowest BCUT2D eigenvalue weighted by Gasteiger charge is -2.18. The molecule has 13 heavy (non-hydrogen) atoms. The van der Waals surface area contributed by atoms with Crippen molar-refractivity contribution in [1.29, 1.82) is 0 Å². The molecule has 0 fully saturated rings. The minimum absolute atomic E-state index is 0. The van der Waals surface area contributed by atoms with Crippen LogP contribution in [0.2, 0.25) is 0 Å². The van der Waals surface area contributed by atoms with Gasteiger partial charge in [-0.2, -0.15) is 0 Å². The molecule has 0 aromatic heterocycles. The molecular weight excluding hydrogens is 182 g/mol. The lowest BCUT2D eigenvalue weighted by atomic mass is 10.2. The molecule has 2 heteroatoms. The number of nitrogens with zero attached hydrogens (tertiary/aromatic N) is 1. The van der Waals surface area contributed by atoms with Gasteiger partial charge in [-0.05, 0) is 25.0 Å². The first-order valence-electron chi connectivity index (χ1n) is 5.13. The Balaban J connectivity index is 0. The summed E-state index contributed by atoms with van der Waals surface area (Å²) in [6, 6.07) is 0. The third kappa shape index (κ3) is 9.75. The van der Waals surface area contributed by atoms with E-state index in [9.17, 15) is 0 Å². The van der Waals surface area contributed by atoms with Crippen LogP contribution in [0.5, 0.6) is 0 Å². The Morgan fingerprint density at radius 2 is 1.54 bits per heavy atom. The zero-order valence-electron chi connectivity index (χ0n) is 9.42. The Labute approximate surface area is 89.6 Å². The van der Waals surface area contributed by atoms with E-state index in [2.05, 4.69) is 44.9 Å². The standard InChI is InChI=1S/C11H23N.ClH/c1-5-8-12(9-6-2)10-7-11(3)4;/h7,10-11H,5-6,8-9H2,1-4H3;1H/b10-7+;. The maximum atomic E-state index is 2.40. The van der Waals surface area contributed by atoms with Crippen molar-refractivity contribution in [2.75, 3.05) is 13.1 Å². The van der Waals surface area contributed by atoms with Crippen molar-refractivity contribution in [3.05, 3.63) is 12.3 Å². The summed E-state index contributed by atoms with van der Waals surface area (Å²) in [6.45, 7) is 11.3. The third-order valence-electron chi connectivity index (χ3n) is 1.70. The number of rotatable bonds is 6. The predicted molar refractivity (Wildman–Crippen MR) is 63.4 cm³/mol. The lowest BCUT2D eigenvalue weighted by molar-refractivity contribution is 0.373. The molecule has 0 rings (SSSR count). The highest BCUT2D eigenvalue weighted by molar-refractivity contribution is 5.85. The smallest absolute Gasteiger partial charge is 0.0169 e. The van der Waals surface area contributed by atoms with Gasteiger partial charge in [0.25, 0.3) is 0 Å². The van der Waals surface area contributed by atoms with Crippen LogP contribution in [0.1, 0.15) is 40.5 Å². The van der Waals surface area contributed by atoms with Crippen LogP contribution in [0.25, 0.3) is 0 Å². The van der Waals surface area contributed by atoms with Crippen LogP contribution in [0.15, 0.2) is 12.3 Å². The highest BCUT2D eigenvalue weighted by Crippen LogP contribution is 1.99. The Morgan fingerprint density at radius 3 is 1.85 bits per heavy atom. The van der Waals surface area contributed by atoms with E-state index in [4.69, 9.17) is 0 Å². The summed E-state index contributed by atoms with van der Waals surface area (Å²) in [6.07, 6.45) is 6.99. The summed E-state index contributed by atoms with van der Waals surface area (Å²) in [7, 11) is 0. The second-order valence-corrected chi connectivity index (χ2v) is 3.62. The highest BCUT2D eigenvalue weighted by Gasteiger charge is 1.94. The number of allylic oxidation sites excluding steroid dienone is 1. The van der Waals surface area contributed by atoms with Crippen LogP contribution >= 0.6 is 12.4 Å². The van der Waals surface area contributed by atoms with Crippen molar-refractivity contribution in [2.45, 2.75) is 40.5 Å². The van der Waals surface area contributed by atoms with E-state index in [1.807, 2.05) is 0 Å². The average Bonchev–Trinajstić information content (AvgIpc) is 2.01. The van der Waals surface area contributed by atoms with Gasteiger partial charge in [-0.25, -0.2) is 0 Å². The number of hydrogen-bond donors (Lipinski definition) is 0. The first-order chi connectivity index (χ1) is 5.70. The summed E-state index contributed by atoms with van der Waals surface area (Å²) in [4.78, 5) is 2.40. The normalized spacial score (nSPS) is 10.5. The Hall–Kier alpha value is -0.170. The fourth-order valence-electron chi connectivity index (χ4n) is 1.13. The summed E-state index contributed by atoms with van der Waals surface area (Å²) in [5.41, 5.74) is 0. The molecule has 0 heterocycles. The second-order valence-electron chi connectivity index (χ2n) is 3.62. The van der Waals surface area contributed by atoms with E-state index >= 15 is 0 Å². The fourth-order valence-corrected chi connectivity index (χ4v) is 1.13. The largest absolute Gasteiger partial charge is 0.378 e. The van der Waals surface area contributed by atoms with Crippen molar-refractivity contribution >= 4 is 12.4 Å². The highest BCUT2D eigenvalue weighted by atomic mass is 35.5. The van der Waals surface area contributed by atoms with Gasteiger partial charge in [0.2, 0.25) is 0 Å². The molecule has 0 aliphatic heterocycles. The monoisotopic (exact) mass is 205 g/mol. The molecule has 0 saturated carbocycles. The van der Waals surface area contributed by atoms with Crippen molar-refractivity contribution in [1.82, 2.24) is 4.90 Å². The van der Waals surface area contributed by atoms with Crippen molar-refractivity contribution < 1.29 is 0 Å². The minimum atomic E-state index is 0. The lowest BCUT2D eigenvalue weighted by Crippen LogP contribution is -2.18. The van der Waals surface area contributed by atoms with Crippen molar-refractivity contribution in [3.63, 3.8) is 0 Å². The molecule has 0 aliphatic rings. The summed E-state index contributed by atoms with van der Waals surface area (Å²) in [5, 5.41) is 0. The molecule has 0 saturated heterocycles. The molecule has 1 nitrogen and oxygen atoms in total. The van der Waals surface area contributed by atoms with E-state index in [1.165, 1.54) is 25.9 Å². The molecule has 0 bridgehead atoms. The minimum Gasteiger partial charge on any atom is -0.378 e. The molecule has 0 amide bonds. The van der Waals surface area contributed by atoms with E-state index in [1.54, 1.807) is 0 Å². The predicted octanol–water partition coefficient (Wildman–Crippen LogP) is 3.70. The van der Waals surface area contributed by atoms with Crippen molar-refractivity contribution in [3.8, 4) is 0 Å². The van der Waals surface area contributed by atoms with Crippen LogP contribution in [0.3, 0.4) is 0 Å². The SMILES string of the molecule is CCCN(/C=C/C(C)C)CCC.Cl. The quantitative estimate of drug-likeness (QED) is 0.639. The fraction of sp³-hybridized carbons (Fsp3) is 0.818.